The average molecular weight is 363 g/mol. The lowest BCUT2D eigenvalue weighted by Crippen LogP contribution is -2.50. The molecule has 2 aromatic carbocycles. The molecular formula is C20H21N5O2. The van der Waals surface area contributed by atoms with E-state index in [0.717, 1.165) is 11.1 Å². The lowest BCUT2D eigenvalue weighted by atomic mass is 10.0. The Morgan fingerprint density at radius 1 is 1.04 bits per heavy atom. The Morgan fingerprint density at radius 2 is 1.78 bits per heavy atom. The van der Waals surface area contributed by atoms with Gasteiger partial charge in [-0.15, -0.1) is 0 Å². The van der Waals surface area contributed by atoms with E-state index in [4.69, 9.17) is 5.26 Å². The molecule has 2 aromatic rings. The molecule has 0 bridgehead atoms. The van der Waals surface area contributed by atoms with Crippen LogP contribution in [0.3, 0.4) is 0 Å². The van der Waals surface area contributed by atoms with E-state index in [1.807, 2.05) is 42.5 Å². The van der Waals surface area contributed by atoms with Crippen LogP contribution < -0.4 is 21.7 Å². The first-order valence-electron chi connectivity index (χ1n) is 8.79. The number of rotatable bonds is 5. The van der Waals surface area contributed by atoms with Crippen molar-refractivity contribution in [3.8, 4) is 6.07 Å². The second-order valence-corrected chi connectivity index (χ2v) is 6.39. The highest BCUT2D eigenvalue weighted by Crippen LogP contribution is 2.21. The zero-order valence-electron chi connectivity index (χ0n) is 14.7. The number of nitriles is 1. The summed E-state index contributed by atoms with van der Waals surface area (Å²) in [4.78, 5) is 24.1. The molecule has 0 saturated carbocycles. The molecule has 4 N–H and O–H groups in total. The van der Waals surface area contributed by atoms with E-state index >= 15 is 0 Å². The second kappa shape index (κ2) is 8.94. The van der Waals surface area contributed by atoms with Crippen molar-refractivity contribution >= 4 is 11.8 Å². The van der Waals surface area contributed by atoms with Gasteiger partial charge in [0.1, 0.15) is 6.04 Å². The molecule has 138 valence electrons. The lowest BCUT2D eigenvalue weighted by Gasteiger charge is -2.11. The summed E-state index contributed by atoms with van der Waals surface area (Å²) in [5, 5.41) is 8.78. The van der Waals surface area contributed by atoms with E-state index in [1.54, 1.807) is 12.1 Å². The lowest BCUT2D eigenvalue weighted by molar-refractivity contribution is -0.129. The number of hydrogen-bond acceptors (Lipinski definition) is 5. The molecular weight excluding hydrogens is 342 g/mol. The van der Waals surface area contributed by atoms with Crippen molar-refractivity contribution in [3.05, 3.63) is 71.3 Å². The minimum atomic E-state index is -0.422. The van der Waals surface area contributed by atoms with Gasteiger partial charge in [-0.1, -0.05) is 42.5 Å². The molecule has 0 aromatic heterocycles. The van der Waals surface area contributed by atoms with Crippen molar-refractivity contribution in [3.63, 3.8) is 0 Å². The number of carbonyl (C=O) groups is 2. The highest BCUT2D eigenvalue weighted by atomic mass is 16.2. The van der Waals surface area contributed by atoms with E-state index in [2.05, 4.69) is 27.8 Å². The van der Waals surface area contributed by atoms with Gasteiger partial charge in [0, 0.05) is 12.5 Å². The molecule has 0 aliphatic carbocycles. The SMILES string of the molecule is N#Cc1ccc(CCC(=O)NNC(=O)C2CC(c3ccccc3)NN2)cc1. The summed E-state index contributed by atoms with van der Waals surface area (Å²) < 4.78 is 0. The fraction of sp³-hybridized carbons (Fsp3) is 0.250. The maximum Gasteiger partial charge on any atom is 0.256 e. The molecule has 2 atom stereocenters. The van der Waals surface area contributed by atoms with Crippen molar-refractivity contribution in [2.75, 3.05) is 0 Å². The van der Waals surface area contributed by atoms with Crippen LogP contribution in [0.25, 0.3) is 0 Å². The Morgan fingerprint density at radius 3 is 2.48 bits per heavy atom. The molecule has 1 saturated heterocycles. The van der Waals surface area contributed by atoms with Gasteiger partial charge in [-0.05, 0) is 36.1 Å². The molecule has 27 heavy (non-hydrogen) atoms. The first-order chi connectivity index (χ1) is 13.2. The fourth-order valence-electron chi connectivity index (χ4n) is 2.92. The molecule has 1 aliphatic heterocycles. The van der Waals surface area contributed by atoms with Gasteiger partial charge >= 0.3 is 0 Å². The Hall–Kier alpha value is -3.21. The van der Waals surface area contributed by atoms with Crippen molar-refractivity contribution in [2.24, 2.45) is 0 Å². The van der Waals surface area contributed by atoms with Gasteiger partial charge in [0.15, 0.2) is 0 Å². The van der Waals surface area contributed by atoms with Gasteiger partial charge in [-0.2, -0.15) is 5.26 Å². The molecule has 0 spiro atoms. The van der Waals surface area contributed by atoms with E-state index in [-0.39, 0.29) is 24.3 Å². The molecule has 3 rings (SSSR count). The highest BCUT2D eigenvalue weighted by molar-refractivity contribution is 5.85. The van der Waals surface area contributed by atoms with Crippen molar-refractivity contribution in [1.82, 2.24) is 21.7 Å². The number of nitrogens with zero attached hydrogens (tertiary/aromatic N) is 1. The zero-order chi connectivity index (χ0) is 19.1. The standard InChI is InChI=1S/C20H21N5O2/c21-13-15-8-6-14(7-9-15)10-11-19(26)24-25-20(27)18-12-17(22-23-18)16-4-2-1-3-5-16/h1-9,17-18,22-23H,10-12H2,(H,24,26)(H,25,27). The topological polar surface area (TPSA) is 106 Å². The summed E-state index contributed by atoms with van der Waals surface area (Å²) >= 11 is 0. The predicted octanol–water partition coefficient (Wildman–Crippen LogP) is 1.25. The molecule has 0 radical (unpaired) electrons. The summed E-state index contributed by atoms with van der Waals surface area (Å²) in [6.45, 7) is 0. The van der Waals surface area contributed by atoms with Gasteiger partial charge in [0.25, 0.3) is 5.91 Å². The summed E-state index contributed by atoms with van der Waals surface area (Å²) in [6.07, 6.45) is 1.37. The number of nitrogens with one attached hydrogen (secondary N) is 4. The van der Waals surface area contributed by atoms with Crippen LogP contribution in [0.5, 0.6) is 0 Å². The fourth-order valence-corrected chi connectivity index (χ4v) is 2.92. The zero-order valence-corrected chi connectivity index (χ0v) is 14.7. The molecule has 2 unspecified atom stereocenters. The largest absolute Gasteiger partial charge is 0.273 e. The molecule has 2 amide bonds. The first-order valence-corrected chi connectivity index (χ1v) is 8.79. The number of carbonyl (C=O) groups excluding carboxylic acids is 2. The van der Waals surface area contributed by atoms with Crippen LogP contribution in [-0.2, 0) is 16.0 Å². The molecule has 7 heteroatoms. The third-order valence-corrected chi connectivity index (χ3v) is 4.47. The first kappa shape index (κ1) is 18.6. The third-order valence-electron chi connectivity index (χ3n) is 4.47. The smallest absolute Gasteiger partial charge is 0.256 e. The number of hydrogen-bond donors (Lipinski definition) is 4. The van der Waals surface area contributed by atoms with Crippen molar-refractivity contribution in [2.45, 2.75) is 31.3 Å². The Labute approximate surface area is 157 Å². The van der Waals surface area contributed by atoms with Crippen LogP contribution in [0.15, 0.2) is 54.6 Å². The van der Waals surface area contributed by atoms with E-state index < -0.39 is 6.04 Å². The van der Waals surface area contributed by atoms with Gasteiger partial charge in [0.2, 0.25) is 5.91 Å². The number of hydrazine groups is 2. The van der Waals surface area contributed by atoms with E-state index in [0.29, 0.717) is 18.4 Å². The second-order valence-electron chi connectivity index (χ2n) is 6.39. The van der Waals surface area contributed by atoms with Crippen LogP contribution in [0.4, 0.5) is 0 Å². The number of aryl methyl sites for hydroxylation is 1. The Kier molecular flexibility index (Phi) is 6.15. The van der Waals surface area contributed by atoms with Gasteiger partial charge in [-0.25, -0.2) is 10.9 Å². The van der Waals surface area contributed by atoms with Crippen LogP contribution in [-0.4, -0.2) is 17.9 Å². The summed E-state index contributed by atoms with van der Waals surface area (Å²) in [6, 6.07) is 18.6. The number of benzene rings is 2. The summed E-state index contributed by atoms with van der Waals surface area (Å²) in [5.74, 6) is -0.550. The van der Waals surface area contributed by atoms with Crippen LogP contribution in [0, 0.1) is 11.3 Å². The van der Waals surface area contributed by atoms with Gasteiger partial charge in [0.05, 0.1) is 11.6 Å². The summed E-state index contributed by atoms with van der Waals surface area (Å²) in [7, 11) is 0. The van der Waals surface area contributed by atoms with Crippen LogP contribution in [0.1, 0.15) is 35.6 Å². The van der Waals surface area contributed by atoms with E-state index in [9.17, 15) is 9.59 Å². The molecule has 1 heterocycles. The monoisotopic (exact) mass is 363 g/mol. The molecule has 1 aliphatic rings. The Balaban J connectivity index is 1.40. The quantitative estimate of drug-likeness (QED) is 0.598. The highest BCUT2D eigenvalue weighted by Gasteiger charge is 2.30. The van der Waals surface area contributed by atoms with E-state index in [1.165, 1.54) is 0 Å². The van der Waals surface area contributed by atoms with Crippen LogP contribution in [0.2, 0.25) is 0 Å². The molecule has 7 nitrogen and oxygen atoms in total. The number of amides is 2. The predicted molar refractivity (Wildman–Crippen MR) is 99.6 cm³/mol. The van der Waals surface area contributed by atoms with Crippen LogP contribution >= 0.6 is 0 Å². The summed E-state index contributed by atoms with van der Waals surface area (Å²) in [5.41, 5.74) is 13.6. The third kappa shape index (κ3) is 5.14. The van der Waals surface area contributed by atoms with Gasteiger partial charge in [-0.3, -0.25) is 20.4 Å². The molecule has 1 fully saturated rings. The Bertz CT molecular complexity index is 830. The maximum absolute atomic E-state index is 12.2. The van der Waals surface area contributed by atoms with Crippen molar-refractivity contribution < 1.29 is 9.59 Å². The minimum absolute atomic E-state index is 0.0500. The van der Waals surface area contributed by atoms with Crippen molar-refractivity contribution in [1.29, 1.82) is 5.26 Å². The average Bonchev–Trinajstić information content (AvgIpc) is 3.22. The maximum atomic E-state index is 12.2. The minimum Gasteiger partial charge on any atom is -0.273 e. The normalized spacial score (nSPS) is 18.5. The van der Waals surface area contributed by atoms with Gasteiger partial charge < -0.3 is 0 Å².